The van der Waals surface area contributed by atoms with Crippen molar-refractivity contribution in [1.82, 2.24) is 15.3 Å². The molecule has 1 spiro atoms. The van der Waals surface area contributed by atoms with Crippen molar-refractivity contribution in [2.75, 3.05) is 5.73 Å². The lowest BCUT2D eigenvalue weighted by molar-refractivity contribution is -0.133. The number of anilines is 1. The van der Waals surface area contributed by atoms with Gasteiger partial charge in [0.25, 0.3) is 5.91 Å². The average molecular weight is 492 g/mol. The molecule has 1 amide bonds. The summed E-state index contributed by atoms with van der Waals surface area (Å²) in [6.07, 6.45) is 11.6. The van der Waals surface area contributed by atoms with Gasteiger partial charge in [0.15, 0.2) is 0 Å². The van der Waals surface area contributed by atoms with E-state index in [1.54, 1.807) is 30.6 Å². The Labute approximate surface area is 213 Å². The van der Waals surface area contributed by atoms with Crippen LogP contribution in [0.5, 0.6) is 0 Å². The van der Waals surface area contributed by atoms with Crippen LogP contribution < -0.4 is 11.1 Å². The molecule has 3 aliphatic rings. The summed E-state index contributed by atoms with van der Waals surface area (Å²) >= 11 is 0. The van der Waals surface area contributed by atoms with Crippen LogP contribution in [-0.4, -0.2) is 33.2 Å². The number of amides is 1. The molecule has 3 unspecified atom stereocenters. The van der Waals surface area contributed by atoms with Crippen molar-refractivity contribution >= 4 is 34.7 Å². The molecule has 8 heteroatoms. The highest BCUT2D eigenvalue weighted by atomic mass is 16.4. The number of carboxylic acid groups (broad SMARTS) is 1. The van der Waals surface area contributed by atoms with Gasteiger partial charge in [-0.1, -0.05) is 24.3 Å². The van der Waals surface area contributed by atoms with Gasteiger partial charge in [-0.3, -0.25) is 14.8 Å². The number of carbonyl (C=O) groups is 2. The lowest BCUT2D eigenvalue weighted by atomic mass is 9.87. The zero-order chi connectivity index (χ0) is 25.7. The third kappa shape index (κ3) is 4.00. The first-order valence-corrected chi connectivity index (χ1v) is 12.1. The van der Waals surface area contributed by atoms with Crippen LogP contribution in [0.4, 0.5) is 5.82 Å². The maximum absolute atomic E-state index is 12.9. The van der Waals surface area contributed by atoms with Crippen molar-refractivity contribution in [2.24, 2.45) is 22.2 Å². The first-order chi connectivity index (χ1) is 17.8. The summed E-state index contributed by atoms with van der Waals surface area (Å²) in [4.78, 5) is 37.8. The van der Waals surface area contributed by atoms with Gasteiger partial charge >= 0.3 is 5.97 Å². The Morgan fingerprint density at radius 3 is 2.78 bits per heavy atom. The number of allylic oxidation sites excluding steroid dienone is 5. The third-order valence-corrected chi connectivity index (χ3v) is 7.40. The molecule has 3 heterocycles. The van der Waals surface area contributed by atoms with Crippen LogP contribution in [0, 0.1) is 17.3 Å². The summed E-state index contributed by atoms with van der Waals surface area (Å²) in [5.74, 6) is -0.643. The molecule has 8 nitrogen and oxygen atoms in total. The van der Waals surface area contributed by atoms with Crippen LogP contribution in [0.3, 0.4) is 0 Å². The largest absolute Gasteiger partial charge is 0.478 e. The fraction of sp³-hybridized carbons (Fsp3) is 0.207. The second kappa shape index (κ2) is 8.51. The molecule has 3 aromatic rings. The van der Waals surface area contributed by atoms with Crippen molar-refractivity contribution in [1.29, 1.82) is 0 Å². The smallest absolute Gasteiger partial charge is 0.331 e. The number of hydrogen-bond acceptors (Lipinski definition) is 6. The molecule has 2 aliphatic carbocycles. The van der Waals surface area contributed by atoms with Crippen LogP contribution >= 0.6 is 0 Å². The Bertz CT molecular complexity index is 1600. The number of rotatable bonds is 6. The van der Waals surface area contributed by atoms with Crippen molar-refractivity contribution in [3.05, 3.63) is 101 Å². The number of carboxylic acids is 1. The minimum Gasteiger partial charge on any atom is -0.478 e. The number of aromatic nitrogens is 2. The highest BCUT2D eigenvalue weighted by Gasteiger charge is 2.65. The second-order valence-electron chi connectivity index (χ2n) is 9.84. The van der Waals surface area contributed by atoms with Gasteiger partial charge in [-0.2, -0.15) is 0 Å². The molecule has 1 aliphatic heterocycles. The monoisotopic (exact) mass is 491 g/mol. The molecule has 1 fully saturated rings. The van der Waals surface area contributed by atoms with Gasteiger partial charge in [0, 0.05) is 76.7 Å². The van der Waals surface area contributed by atoms with E-state index < -0.39 is 5.97 Å². The van der Waals surface area contributed by atoms with Gasteiger partial charge in [0.05, 0.1) is 0 Å². The molecule has 2 aromatic heterocycles. The summed E-state index contributed by atoms with van der Waals surface area (Å²) in [6, 6.07) is 11.1. The summed E-state index contributed by atoms with van der Waals surface area (Å²) < 4.78 is 0. The lowest BCUT2D eigenvalue weighted by Gasteiger charge is -2.18. The Kier molecular flexibility index (Phi) is 5.26. The van der Waals surface area contributed by atoms with Crippen molar-refractivity contribution < 1.29 is 14.7 Å². The second-order valence-corrected chi connectivity index (χ2v) is 9.84. The number of fused-ring (bicyclic) bond motifs is 2. The number of aliphatic imine (C=N–C) groups is 1. The van der Waals surface area contributed by atoms with Crippen LogP contribution in [0.15, 0.2) is 88.9 Å². The zero-order valence-electron chi connectivity index (χ0n) is 20.2. The van der Waals surface area contributed by atoms with Gasteiger partial charge in [0.2, 0.25) is 0 Å². The normalized spacial score (nSPS) is 23.3. The van der Waals surface area contributed by atoms with Crippen LogP contribution in [0.2, 0.25) is 0 Å². The van der Waals surface area contributed by atoms with E-state index >= 15 is 0 Å². The standard InChI is InChI=1S/C29H25N5O3/c1-16-12-29-13-18(10-23(28(36)37)25(29)24(29)15-33-16)9-21-11-20(5-6-31-21)27(35)34-14-17-2-3-22-19(8-17)4-7-32-26(22)30/h2-8,10-13,15,24-25H,9,14H2,1H3,(H2,30,32)(H,34,35)(H,36,37). The predicted molar refractivity (Wildman–Crippen MR) is 141 cm³/mol. The number of nitrogens with zero attached hydrogens (tertiary/aromatic N) is 3. The number of hydrogen-bond donors (Lipinski definition) is 3. The quantitative estimate of drug-likeness (QED) is 0.480. The molecular formula is C29H25N5O3. The van der Waals surface area contributed by atoms with Crippen LogP contribution in [0.1, 0.15) is 28.5 Å². The molecule has 1 aromatic carbocycles. The highest BCUT2D eigenvalue weighted by Crippen LogP contribution is 2.67. The van der Waals surface area contributed by atoms with E-state index in [9.17, 15) is 14.7 Å². The zero-order valence-corrected chi connectivity index (χ0v) is 20.2. The Morgan fingerprint density at radius 2 is 1.95 bits per heavy atom. The summed E-state index contributed by atoms with van der Waals surface area (Å²) in [5.41, 5.74) is 9.93. The van der Waals surface area contributed by atoms with Gasteiger partial charge in [0.1, 0.15) is 5.82 Å². The Balaban J connectivity index is 1.18. The molecule has 0 radical (unpaired) electrons. The SMILES string of the molecule is CC1=CC23C=C(Cc4cc(C(=O)NCc5ccc6c(N)nccc6c5)ccn4)C=C(C(=O)O)C2C3C=N1. The summed E-state index contributed by atoms with van der Waals surface area (Å²) in [5, 5.41) is 14.6. The average Bonchev–Trinajstić information content (AvgIpc) is 3.54. The lowest BCUT2D eigenvalue weighted by Crippen LogP contribution is -2.23. The number of nitrogen functional groups attached to an aromatic ring is 1. The molecule has 4 N–H and O–H groups in total. The molecular weight excluding hydrogens is 466 g/mol. The van der Waals surface area contributed by atoms with E-state index in [4.69, 9.17) is 5.73 Å². The van der Waals surface area contributed by atoms with Crippen LogP contribution in [0.25, 0.3) is 10.8 Å². The van der Waals surface area contributed by atoms with Crippen LogP contribution in [-0.2, 0) is 17.8 Å². The van der Waals surface area contributed by atoms with E-state index in [-0.39, 0.29) is 23.2 Å². The van der Waals surface area contributed by atoms with Crippen molar-refractivity contribution in [3.8, 4) is 0 Å². The maximum Gasteiger partial charge on any atom is 0.331 e. The third-order valence-electron chi connectivity index (χ3n) is 7.40. The van der Waals surface area contributed by atoms with Gasteiger partial charge in [-0.15, -0.1) is 0 Å². The first kappa shape index (κ1) is 22.8. The molecule has 184 valence electrons. The number of aliphatic carboxylic acids is 1. The highest BCUT2D eigenvalue weighted by molar-refractivity contribution is 5.95. The number of carbonyl (C=O) groups excluding carboxylic acids is 1. The first-order valence-electron chi connectivity index (χ1n) is 12.1. The van der Waals surface area contributed by atoms with Gasteiger partial charge in [-0.05, 0) is 53.8 Å². The molecule has 1 saturated carbocycles. The topological polar surface area (TPSA) is 131 Å². The fourth-order valence-electron chi connectivity index (χ4n) is 5.66. The molecule has 3 atom stereocenters. The minimum atomic E-state index is -0.905. The minimum absolute atomic E-state index is 0.0731. The molecule has 6 rings (SSSR count). The molecule has 0 saturated heterocycles. The predicted octanol–water partition coefficient (Wildman–Crippen LogP) is 3.86. The van der Waals surface area contributed by atoms with Gasteiger partial charge < -0.3 is 16.2 Å². The number of nitrogens with one attached hydrogen (secondary N) is 1. The Morgan fingerprint density at radius 1 is 1.11 bits per heavy atom. The molecule has 0 bridgehead atoms. The molecule has 37 heavy (non-hydrogen) atoms. The fourth-order valence-corrected chi connectivity index (χ4v) is 5.66. The van der Waals surface area contributed by atoms with Gasteiger partial charge in [-0.25, -0.2) is 9.78 Å². The Hall–Kier alpha value is -4.59. The number of benzene rings is 1. The number of nitrogens with two attached hydrogens (primary N) is 1. The summed E-state index contributed by atoms with van der Waals surface area (Å²) in [6.45, 7) is 2.29. The summed E-state index contributed by atoms with van der Waals surface area (Å²) in [7, 11) is 0. The maximum atomic E-state index is 12.9. The van der Waals surface area contributed by atoms with E-state index in [0.29, 0.717) is 35.6 Å². The van der Waals surface area contributed by atoms with E-state index in [2.05, 4.69) is 32.4 Å². The van der Waals surface area contributed by atoms with E-state index in [1.807, 2.05) is 37.4 Å². The van der Waals surface area contributed by atoms with Crippen molar-refractivity contribution in [3.63, 3.8) is 0 Å². The number of pyridine rings is 2. The van der Waals surface area contributed by atoms with E-state index in [1.165, 1.54) is 0 Å². The van der Waals surface area contributed by atoms with E-state index in [0.717, 1.165) is 27.6 Å². The van der Waals surface area contributed by atoms with Crippen molar-refractivity contribution in [2.45, 2.75) is 19.9 Å².